The predicted octanol–water partition coefficient (Wildman–Crippen LogP) is 2.27. The van der Waals surface area contributed by atoms with Crippen LogP contribution < -0.4 is 5.32 Å². The van der Waals surface area contributed by atoms with Crippen molar-refractivity contribution in [3.8, 4) is 0 Å². The zero-order chi connectivity index (χ0) is 13.6. The monoisotopic (exact) mass is 327 g/mol. The van der Waals surface area contributed by atoms with Crippen LogP contribution >= 0.6 is 15.9 Å². The molecule has 1 amide bonds. The summed E-state index contributed by atoms with van der Waals surface area (Å²) < 4.78 is 5.40. The van der Waals surface area contributed by atoms with E-state index in [1.807, 2.05) is 0 Å². The first-order chi connectivity index (χ1) is 9.08. The van der Waals surface area contributed by atoms with Crippen LogP contribution in [0.1, 0.15) is 29.6 Å². The third-order valence-electron chi connectivity index (χ3n) is 4.36. The predicted molar refractivity (Wildman–Crippen MR) is 69.6 cm³/mol. The van der Waals surface area contributed by atoms with Crippen molar-refractivity contribution in [3.63, 3.8) is 0 Å². The lowest BCUT2D eigenvalue weighted by atomic mass is 9.84. The Morgan fingerprint density at radius 2 is 2.11 bits per heavy atom. The van der Waals surface area contributed by atoms with Crippen LogP contribution in [0.2, 0.25) is 0 Å². The number of furan rings is 1. The number of hydrogen-bond acceptors (Lipinski definition) is 3. The third kappa shape index (κ3) is 2.08. The van der Waals surface area contributed by atoms with Gasteiger partial charge in [-0.15, -0.1) is 0 Å². The van der Waals surface area contributed by atoms with Crippen LogP contribution in [-0.4, -0.2) is 23.0 Å². The van der Waals surface area contributed by atoms with Crippen molar-refractivity contribution in [2.24, 2.45) is 17.8 Å². The van der Waals surface area contributed by atoms with E-state index >= 15 is 0 Å². The van der Waals surface area contributed by atoms with Gasteiger partial charge in [-0.2, -0.15) is 0 Å². The van der Waals surface area contributed by atoms with Gasteiger partial charge < -0.3 is 14.8 Å². The Morgan fingerprint density at radius 3 is 2.74 bits per heavy atom. The van der Waals surface area contributed by atoms with Gasteiger partial charge in [0.1, 0.15) is 0 Å². The minimum absolute atomic E-state index is 0.209. The molecule has 6 heteroatoms. The van der Waals surface area contributed by atoms with E-state index in [2.05, 4.69) is 21.2 Å². The molecule has 4 atom stereocenters. The van der Waals surface area contributed by atoms with Gasteiger partial charge in [0.25, 0.3) is 5.91 Å². The highest BCUT2D eigenvalue weighted by Crippen LogP contribution is 2.48. The van der Waals surface area contributed by atoms with E-state index in [-0.39, 0.29) is 17.9 Å². The average molecular weight is 328 g/mol. The molecule has 1 heterocycles. The molecular weight excluding hydrogens is 314 g/mol. The van der Waals surface area contributed by atoms with Crippen molar-refractivity contribution in [3.05, 3.63) is 22.6 Å². The topological polar surface area (TPSA) is 79.5 Å². The van der Waals surface area contributed by atoms with E-state index < -0.39 is 11.9 Å². The normalized spacial score (nSPS) is 32.5. The summed E-state index contributed by atoms with van der Waals surface area (Å²) in [6.45, 7) is 0. The number of carbonyl (C=O) groups is 2. The maximum absolute atomic E-state index is 12.1. The Morgan fingerprint density at radius 1 is 1.37 bits per heavy atom. The molecule has 0 aromatic carbocycles. The molecule has 2 fully saturated rings. The van der Waals surface area contributed by atoms with Crippen molar-refractivity contribution in [2.75, 3.05) is 0 Å². The molecule has 3 rings (SSSR count). The van der Waals surface area contributed by atoms with Crippen LogP contribution in [0, 0.1) is 17.8 Å². The average Bonchev–Trinajstić information content (AvgIpc) is 3.03. The lowest BCUT2D eigenvalue weighted by Crippen LogP contribution is -2.46. The summed E-state index contributed by atoms with van der Waals surface area (Å²) in [5, 5.41) is 12.2. The molecule has 1 aromatic heterocycles. The number of amides is 1. The standard InChI is InChI=1S/C13H14BrNO4/c14-11-8(3-4-19-11)12(16)15-10-7-2-1-6(5-7)9(10)13(17)18/h3-4,6-7,9-10H,1-2,5H2,(H,15,16)(H,17,18). The van der Waals surface area contributed by atoms with E-state index in [4.69, 9.17) is 4.42 Å². The first-order valence-electron chi connectivity index (χ1n) is 6.34. The zero-order valence-corrected chi connectivity index (χ0v) is 11.7. The minimum atomic E-state index is -0.802. The Hall–Kier alpha value is -1.30. The van der Waals surface area contributed by atoms with E-state index in [0.29, 0.717) is 16.2 Å². The first kappa shape index (κ1) is 12.7. The van der Waals surface area contributed by atoms with Gasteiger partial charge in [0.15, 0.2) is 4.67 Å². The van der Waals surface area contributed by atoms with Gasteiger partial charge in [-0.05, 0) is 53.1 Å². The fourth-order valence-corrected chi connectivity index (χ4v) is 3.96. The highest BCUT2D eigenvalue weighted by molar-refractivity contribution is 9.10. The minimum Gasteiger partial charge on any atom is -0.481 e. The smallest absolute Gasteiger partial charge is 0.308 e. The molecule has 1 aromatic rings. The number of halogens is 1. The molecule has 0 saturated heterocycles. The van der Waals surface area contributed by atoms with Crippen molar-refractivity contribution < 1.29 is 19.1 Å². The third-order valence-corrected chi connectivity index (χ3v) is 4.98. The van der Waals surface area contributed by atoms with Crippen molar-refractivity contribution in [2.45, 2.75) is 25.3 Å². The molecule has 2 aliphatic rings. The summed E-state index contributed by atoms with van der Waals surface area (Å²) in [5.41, 5.74) is 0.409. The molecule has 102 valence electrons. The number of hydrogen-bond donors (Lipinski definition) is 2. The van der Waals surface area contributed by atoms with Crippen LogP contribution in [0.3, 0.4) is 0 Å². The summed E-state index contributed by atoms with van der Waals surface area (Å²) in [6.07, 6.45) is 4.30. The number of carboxylic acid groups (broad SMARTS) is 1. The van der Waals surface area contributed by atoms with Crippen LogP contribution in [0.25, 0.3) is 0 Å². The van der Waals surface area contributed by atoms with Gasteiger partial charge in [-0.1, -0.05) is 0 Å². The van der Waals surface area contributed by atoms with E-state index in [0.717, 1.165) is 19.3 Å². The highest BCUT2D eigenvalue weighted by atomic mass is 79.9. The van der Waals surface area contributed by atoms with Gasteiger partial charge in [-0.3, -0.25) is 9.59 Å². The van der Waals surface area contributed by atoms with E-state index in [9.17, 15) is 14.7 Å². The summed E-state index contributed by atoms with van der Waals surface area (Å²) in [6, 6.07) is 1.31. The van der Waals surface area contributed by atoms with Crippen LogP contribution in [0.4, 0.5) is 0 Å². The molecule has 2 saturated carbocycles. The largest absolute Gasteiger partial charge is 0.481 e. The van der Waals surface area contributed by atoms with Crippen molar-refractivity contribution >= 4 is 27.8 Å². The lowest BCUT2D eigenvalue weighted by Gasteiger charge is -2.28. The second-order valence-electron chi connectivity index (χ2n) is 5.30. The molecular formula is C13H14BrNO4. The quantitative estimate of drug-likeness (QED) is 0.892. The van der Waals surface area contributed by atoms with Gasteiger partial charge in [0.05, 0.1) is 17.7 Å². The fourth-order valence-electron chi connectivity index (χ4n) is 3.54. The van der Waals surface area contributed by atoms with Crippen LogP contribution in [-0.2, 0) is 4.79 Å². The zero-order valence-electron chi connectivity index (χ0n) is 10.1. The Bertz CT molecular complexity index is 526. The Balaban J connectivity index is 1.77. The summed E-state index contributed by atoms with van der Waals surface area (Å²) >= 11 is 3.16. The lowest BCUT2D eigenvalue weighted by molar-refractivity contribution is -0.144. The summed E-state index contributed by atoms with van der Waals surface area (Å²) in [4.78, 5) is 23.5. The fraction of sp³-hybridized carbons (Fsp3) is 0.538. The summed E-state index contributed by atoms with van der Waals surface area (Å²) in [5.74, 6) is -1.03. The van der Waals surface area contributed by atoms with Crippen LogP contribution in [0.15, 0.2) is 21.4 Å². The molecule has 2 N–H and O–H groups in total. The molecule has 19 heavy (non-hydrogen) atoms. The molecule has 2 bridgehead atoms. The molecule has 0 radical (unpaired) electrons. The number of carboxylic acids is 1. The number of rotatable bonds is 3. The van der Waals surface area contributed by atoms with Crippen molar-refractivity contribution in [1.29, 1.82) is 0 Å². The highest BCUT2D eigenvalue weighted by Gasteiger charge is 2.51. The Kier molecular flexibility index (Phi) is 3.12. The van der Waals surface area contributed by atoms with Gasteiger partial charge in [-0.25, -0.2) is 0 Å². The maximum atomic E-state index is 12.1. The first-order valence-corrected chi connectivity index (χ1v) is 7.14. The molecule has 0 aliphatic heterocycles. The van der Waals surface area contributed by atoms with Gasteiger partial charge in [0, 0.05) is 6.04 Å². The van der Waals surface area contributed by atoms with Gasteiger partial charge in [0.2, 0.25) is 0 Å². The van der Waals surface area contributed by atoms with Crippen molar-refractivity contribution in [1.82, 2.24) is 5.32 Å². The number of aliphatic carboxylic acids is 1. The van der Waals surface area contributed by atoms with E-state index in [1.165, 1.54) is 6.26 Å². The maximum Gasteiger partial charge on any atom is 0.308 e. The second kappa shape index (κ2) is 4.67. The van der Waals surface area contributed by atoms with Crippen LogP contribution in [0.5, 0.6) is 0 Å². The second-order valence-corrected chi connectivity index (χ2v) is 6.02. The van der Waals surface area contributed by atoms with E-state index in [1.54, 1.807) is 6.07 Å². The molecule has 4 unspecified atom stereocenters. The SMILES string of the molecule is O=C(NC1C2CCC(C2)C1C(=O)O)c1ccoc1Br. The molecule has 0 spiro atoms. The number of carbonyl (C=O) groups excluding carboxylic acids is 1. The number of nitrogens with one attached hydrogen (secondary N) is 1. The van der Waals surface area contributed by atoms with Gasteiger partial charge >= 0.3 is 5.97 Å². The summed E-state index contributed by atoms with van der Waals surface area (Å²) in [7, 11) is 0. The number of fused-ring (bicyclic) bond motifs is 2. The molecule has 5 nitrogen and oxygen atoms in total. The molecule has 2 aliphatic carbocycles. The Labute approximate surface area is 118 Å².